The average molecular weight is 327 g/mol. The van der Waals surface area contributed by atoms with Gasteiger partial charge in [0, 0.05) is 0 Å². The molecule has 0 saturated heterocycles. The molecule has 0 aliphatic heterocycles. The molecule has 1 aromatic carbocycles. The highest BCUT2D eigenvalue weighted by Crippen LogP contribution is 2.20. The Morgan fingerprint density at radius 2 is 2.14 bits per heavy atom. The van der Waals surface area contributed by atoms with Gasteiger partial charge in [0.05, 0.1) is 11.1 Å². The molecule has 22 heavy (non-hydrogen) atoms. The molecule has 1 rings (SSSR count). The summed E-state index contributed by atoms with van der Waals surface area (Å²) in [6.45, 7) is 4.47. The van der Waals surface area contributed by atoms with Crippen LogP contribution >= 0.6 is 11.6 Å². The Kier molecular flexibility index (Phi) is 5.89. The van der Waals surface area contributed by atoms with Crippen LogP contribution in [0.2, 0.25) is 5.02 Å². The first-order valence-corrected chi connectivity index (χ1v) is 6.92. The number of ether oxygens (including phenoxy) is 1. The Morgan fingerprint density at radius 3 is 2.64 bits per heavy atom. The molecule has 0 fully saturated rings. The zero-order valence-corrected chi connectivity index (χ0v) is 13.2. The minimum absolute atomic E-state index is 0.102. The first kappa shape index (κ1) is 17.9. The lowest BCUT2D eigenvalue weighted by atomic mass is 9.90. The summed E-state index contributed by atoms with van der Waals surface area (Å²) in [6.07, 6.45) is 0. The van der Waals surface area contributed by atoms with E-state index in [2.05, 4.69) is 5.32 Å². The Hall–Kier alpha value is -2.13. The van der Waals surface area contributed by atoms with E-state index in [1.807, 2.05) is 6.07 Å². The molecule has 118 valence electrons. The summed E-state index contributed by atoms with van der Waals surface area (Å²) in [5.41, 5.74) is -1.51. The van der Waals surface area contributed by atoms with Gasteiger partial charge in [-0.1, -0.05) is 31.5 Å². The second-order valence-electron chi connectivity index (χ2n) is 5.19. The maximum atomic E-state index is 13.5. The van der Waals surface area contributed by atoms with E-state index in [1.54, 1.807) is 20.8 Å². The van der Waals surface area contributed by atoms with Gasteiger partial charge in [0.25, 0.3) is 5.91 Å². The molecule has 0 unspecified atom stereocenters. The molecule has 5 nitrogen and oxygen atoms in total. The van der Waals surface area contributed by atoms with Gasteiger partial charge in [-0.05, 0) is 25.0 Å². The van der Waals surface area contributed by atoms with Crippen LogP contribution in [0.5, 0.6) is 0 Å². The van der Waals surface area contributed by atoms with Crippen molar-refractivity contribution >= 4 is 23.5 Å². The van der Waals surface area contributed by atoms with Gasteiger partial charge in [-0.25, -0.2) is 9.18 Å². The predicted molar refractivity (Wildman–Crippen MR) is 78.7 cm³/mol. The lowest BCUT2D eigenvalue weighted by Crippen LogP contribution is -2.50. The first-order chi connectivity index (χ1) is 10.2. The number of carbonyl (C=O) groups excluding carboxylic acids is 2. The Morgan fingerprint density at radius 1 is 1.50 bits per heavy atom. The lowest BCUT2D eigenvalue weighted by Gasteiger charge is -2.27. The number of esters is 1. The van der Waals surface area contributed by atoms with Crippen molar-refractivity contribution in [2.75, 3.05) is 6.61 Å². The van der Waals surface area contributed by atoms with Crippen molar-refractivity contribution in [1.29, 1.82) is 5.26 Å². The van der Waals surface area contributed by atoms with Gasteiger partial charge in [-0.2, -0.15) is 5.26 Å². The van der Waals surface area contributed by atoms with Gasteiger partial charge in [0.1, 0.15) is 16.9 Å². The molecule has 0 aliphatic rings. The summed E-state index contributed by atoms with van der Waals surface area (Å²) in [6, 6.07) is 5.75. The van der Waals surface area contributed by atoms with Crippen molar-refractivity contribution in [2.24, 2.45) is 5.92 Å². The van der Waals surface area contributed by atoms with Crippen LogP contribution in [0.25, 0.3) is 0 Å². The van der Waals surface area contributed by atoms with Crippen LogP contribution in [-0.4, -0.2) is 24.0 Å². The second kappa shape index (κ2) is 7.23. The quantitative estimate of drug-likeness (QED) is 0.844. The van der Waals surface area contributed by atoms with Gasteiger partial charge in [-0.15, -0.1) is 0 Å². The van der Waals surface area contributed by atoms with Crippen molar-refractivity contribution in [3.63, 3.8) is 0 Å². The molecule has 1 atom stereocenters. The number of nitrogens with one attached hydrogen (secondary N) is 1. The summed E-state index contributed by atoms with van der Waals surface area (Å²) in [5, 5.41) is 11.5. The number of rotatable bonds is 5. The van der Waals surface area contributed by atoms with Crippen molar-refractivity contribution in [3.05, 3.63) is 34.6 Å². The fourth-order valence-electron chi connectivity index (χ4n) is 1.52. The van der Waals surface area contributed by atoms with Crippen LogP contribution in [0, 0.1) is 23.1 Å². The molecular weight excluding hydrogens is 311 g/mol. The average Bonchev–Trinajstić information content (AvgIpc) is 2.44. The molecule has 0 aliphatic carbocycles. The number of carbonyl (C=O) groups is 2. The third-order valence-electron chi connectivity index (χ3n) is 3.29. The second-order valence-corrected chi connectivity index (χ2v) is 5.60. The fraction of sp³-hybridized carbons (Fsp3) is 0.400. The van der Waals surface area contributed by atoms with E-state index in [4.69, 9.17) is 21.6 Å². The van der Waals surface area contributed by atoms with Crippen LogP contribution in [0.1, 0.15) is 31.1 Å². The van der Waals surface area contributed by atoms with Gasteiger partial charge in [0.2, 0.25) is 0 Å². The maximum absolute atomic E-state index is 13.5. The zero-order valence-electron chi connectivity index (χ0n) is 12.4. The van der Waals surface area contributed by atoms with Gasteiger partial charge in [0.15, 0.2) is 6.61 Å². The minimum Gasteiger partial charge on any atom is -0.452 e. The number of hydrogen-bond donors (Lipinski definition) is 1. The maximum Gasteiger partial charge on any atom is 0.343 e. The topological polar surface area (TPSA) is 79.2 Å². The van der Waals surface area contributed by atoms with Gasteiger partial charge >= 0.3 is 5.97 Å². The Bertz CT molecular complexity index is 607. The summed E-state index contributed by atoms with van der Waals surface area (Å²) in [7, 11) is 0. The summed E-state index contributed by atoms with van der Waals surface area (Å²) in [4.78, 5) is 23.5. The fourth-order valence-corrected chi connectivity index (χ4v) is 1.76. The Balaban J connectivity index is 2.69. The summed E-state index contributed by atoms with van der Waals surface area (Å²) in [5.74, 6) is -2.67. The third kappa shape index (κ3) is 4.18. The molecular formula is C15H16ClFN2O3. The largest absolute Gasteiger partial charge is 0.452 e. The molecule has 0 saturated carbocycles. The summed E-state index contributed by atoms with van der Waals surface area (Å²) >= 11 is 5.73. The predicted octanol–water partition coefficient (Wildman–Crippen LogP) is 2.69. The van der Waals surface area contributed by atoms with Crippen LogP contribution in [0.4, 0.5) is 4.39 Å². The van der Waals surface area contributed by atoms with E-state index in [-0.39, 0.29) is 10.9 Å². The Labute approximate surface area is 133 Å². The van der Waals surface area contributed by atoms with Crippen LogP contribution < -0.4 is 5.32 Å². The van der Waals surface area contributed by atoms with E-state index in [0.29, 0.717) is 0 Å². The molecule has 1 N–H and O–H groups in total. The van der Waals surface area contributed by atoms with E-state index in [0.717, 1.165) is 6.07 Å². The number of halogens is 2. The standard InChI is InChI=1S/C15H16ClFN2O3/c1-9(2)15(3,8-18)19-12(20)7-22-14(21)13-10(16)5-4-6-11(13)17/h4-6,9H,7H2,1-3H3,(H,19,20)/t15-/m1/s1. The molecule has 1 amide bonds. The molecule has 1 aromatic rings. The molecule has 7 heteroatoms. The molecule has 0 heterocycles. The zero-order chi connectivity index (χ0) is 16.9. The number of nitriles is 1. The highest BCUT2D eigenvalue weighted by Gasteiger charge is 2.30. The van der Waals surface area contributed by atoms with E-state index in [1.165, 1.54) is 12.1 Å². The van der Waals surface area contributed by atoms with Crippen molar-refractivity contribution < 1.29 is 18.7 Å². The smallest absolute Gasteiger partial charge is 0.343 e. The van der Waals surface area contributed by atoms with E-state index >= 15 is 0 Å². The van der Waals surface area contributed by atoms with E-state index < -0.39 is 35.4 Å². The first-order valence-electron chi connectivity index (χ1n) is 6.54. The number of amides is 1. The number of hydrogen-bond acceptors (Lipinski definition) is 4. The van der Waals surface area contributed by atoms with Crippen LogP contribution in [0.3, 0.4) is 0 Å². The molecule has 0 bridgehead atoms. The van der Waals surface area contributed by atoms with Crippen molar-refractivity contribution in [1.82, 2.24) is 5.32 Å². The van der Waals surface area contributed by atoms with Gasteiger partial charge < -0.3 is 10.1 Å². The summed E-state index contributed by atoms with van der Waals surface area (Å²) < 4.78 is 18.3. The third-order valence-corrected chi connectivity index (χ3v) is 3.60. The van der Waals surface area contributed by atoms with Crippen LogP contribution in [0.15, 0.2) is 18.2 Å². The minimum atomic E-state index is -1.08. The van der Waals surface area contributed by atoms with Gasteiger partial charge in [-0.3, -0.25) is 4.79 Å². The number of nitrogens with zero attached hydrogens (tertiary/aromatic N) is 1. The normalized spacial score (nSPS) is 13.1. The van der Waals surface area contributed by atoms with Crippen molar-refractivity contribution in [3.8, 4) is 6.07 Å². The SMILES string of the molecule is CC(C)[C@@](C)(C#N)NC(=O)COC(=O)c1c(F)cccc1Cl. The monoisotopic (exact) mass is 326 g/mol. The highest BCUT2D eigenvalue weighted by molar-refractivity contribution is 6.33. The molecule has 0 spiro atoms. The van der Waals surface area contributed by atoms with E-state index in [9.17, 15) is 14.0 Å². The number of benzene rings is 1. The van der Waals surface area contributed by atoms with Crippen molar-refractivity contribution in [2.45, 2.75) is 26.3 Å². The highest BCUT2D eigenvalue weighted by atomic mass is 35.5. The molecule has 0 aromatic heterocycles. The van der Waals surface area contributed by atoms with Crippen LogP contribution in [-0.2, 0) is 9.53 Å². The molecule has 0 radical (unpaired) electrons. The lowest BCUT2D eigenvalue weighted by molar-refractivity contribution is -0.125.